The summed E-state index contributed by atoms with van der Waals surface area (Å²) in [6, 6.07) is 23.2. The number of cyclic esters (lactones) is 1. The lowest BCUT2D eigenvalue weighted by Gasteiger charge is -2.25. The molecule has 4 rings (SSSR count). The second-order valence-corrected chi connectivity index (χ2v) is 9.24. The van der Waals surface area contributed by atoms with Crippen molar-refractivity contribution in [3.8, 4) is 5.75 Å². The number of benzene rings is 3. The van der Waals surface area contributed by atoms with Gasteiger partial charge in [-0.15, -0.1) is 0 Å². The highest BCUT2D eigenvalue weighted by Crippen LogP contribution is 2.28. The van der Waals surface area contributed by atoms with Crippen molar-refractivity contribution in [2.75, 3.05) is 6.61 Å². The van der Waals surface area contributed by atoms with Gasteiger partial charge in [-0.3, -0.25) is 4.79 Å². The van der Waals surface area contributed by atoms with Crippen molar-refractivity contribution in [1.29, 1.82) is 0 Å². The first-order valence-electron chi connectivity index (χ1n) is 12.2. The Hall–Kier alpha value is -3.93. The number of carbonyl (C=O) groups excluding carboxylic acids is 3. The maximum atomic E-state index is 13.5. The van der Waals surface area contributed by atoms with Crippen molar-refractivity contribution in [2.45, 2.75) is 45.8 Å². The number of aldehydes is 1. The Balaban J connectivity index is 1.49. The van der Waals surface area contributed by atoms with Crippen LogP contribution in [0.2, 0.25) is 0 Å². The van der Waals surface area contributed by atoms with Crippen LogP contribution in [0, 0.1) is 19.8 Å². The Morgan fingerprint density at radius 2 is 1.64 bits per heavy atom. The molecular formula is C30H31NO5. The molecule has 3 aromatic carbocycles. The van der Waals surface area contributed by atoms with E-state index in [1.165, 1.54) is 4.90 Å². The molecule has 6 heteroatoms. The molecule has 0 spiro atoms. The van der Waals surface area contributed by atoms with Crippen molar-refractivity contribution in [1.82, 2.24) is 4.90 Å². The number of imide groups is 1. The van der Waals surface area contributed by atoms with Crippen molar-refractivity contribution in [3.05, 3.63) is 101 Å². The van der Waals surface area contributed by atoms with Crippen LogP contribution in [0.3, 0.4) is 0 Å². The smallest absolute Gasteiger partial charge is 0.416 e. The third-order valence-electron chi connectivity index (χ3n) is 6.61. The van der Waals surface area contributed by atoms with Crippen molar-refractivity contribution < 1.29 is 23.9 Å². The Morgan fingerprint density at radius 3 is 2.25 bits per heavy atom. The van der Waals surface area contributed by atoms with Crippen LogP contribution in [0.15, 0.2) is 72.8 Å². The molecule has 0 bridgehead atoms. The molecule has 186 valence electrons. The van der Waals surface area contributed by atoms with Crippen LogP contribution in [-0.4, -0.2) is 35.8 Å². The molecule has 1 saturated heterocycles. The average Bonchev–Trinajstić information content (AvgIpc) is 3.24. The van der Waals surface area contributed by atoms with Crippen molar-refractivity contribution in [3.63, 3.8) is 0 Å². The number of amides is 2. The van der Waals surface area contributed by atoms with E-state index in [0.29, 0.717) is 19.4 Å². The van der Waals surface area contributed by atoms with Gasteiger partial charge < -0.3 is 14.3 Å². The molecule has 0 radical (unpaired) electrons. The minimum Gasteiger partial charge on any atom is -0.489 e. The number of carbonyl (C=O) groups is 3. The number of hydrogen-bond donors (Lipinski definition) is 0. The molecule has 0 unspecified atom stereocenters. The molecule has 0 saturated carbocycles. The number of rotatable bonds is 10. The highest BCUT2D eigenvalue weighted by Gasteiger charge is 2.40. The molecule has 3 aromatic rings. The molecule has 1 heterocycles. The maximum Gasteiger partial charge on any atom is 0.416 e. The fourth-order valence-electron chi connectivity index (χ4n) is 4.70. The average molecular weight is 486 g/mol. The molecule has 1 aliphatic heterocycles. The minimum absolute atomic E-state index is 0.0335. The molecule has 0 aliphatic carbocycles. The molecule has 2 atom stereocenters. The van der Waals surface area contributed by atoms with Gasteiger partial charge in [0.15, 0.2) is 0 Å². The van der Waals surface area contributed by atoms with E-state index in [1.54, 1.807) is 0 Å². The van der Waals surface area contributed by atoms with Crippen LogP contribution in [0.4, 0.5) is 4.79 Å². The first kappa shape index (κ1) is 25.2. The fraction of sp³-hybridized carbons (Fsp3) is 0.300. The summed E-state index contributed by atoms with van der Waals surface area (Å²) in [6.07, 6.45) is 1.01. The number of hydrogen-bond acceptors (Lipinski definition) is 5. The molecule has 1 aliphatic rings. The van der Waals surface area contributed by atoms with Crippen LogP contribution in [0.5, 0.6) is 5.75 Å². The van der Waals surface area contributed by atoms with Gasteiger partial charge >= 0.3 is 6.09 Å². The predicted octanol–water partition coefficient (Wildman–Crippen LogP) is 5.22. The van der Waals surface area contributed by atoms with E-state index in [9.17, 15) is 14.4 Å². The second kappa shape index (κ2) is 11.7. The lowest BCUT2D eigenvalue weighted by molar-refractivity contribution is -0.134. The monoisotopic (exact) mass is 485 g/mol. The Morgan fingerprint density at radius 1 is 1.03 bits per heavy atom. The molecule has 0 N–H and O–H groups in total. The zero-order valence-electron chi connectivity index (χ0n) is 20.7. The number of aryl methyl sites for hydroxylation is 2. The van der Waals surface area contributed by atoms with Gasteiger partial charge in [0.1, 0.15) is 25.2 Å². The highest BCUT2D eigenvalue weighted by atomic mass is 16.6. The summed E-state index contributed by atoms with van der Waals surface area (Å²) in [5.74, 6) is -0.268. The van der Waals surface area contributed by atoms with Crippen molar-refractivity contribution >= 4 is 18.3 Å². The first-order valence-corrected chi connectivity index (χ1v) is 12.2. The zero-order chi connectivity index (χ0) is 25.5. The van der Waals surface area contributed by atoms with Crippen LogP contribution in [0.25, 0.3) is 0 Å². The van der Waals surface area contributed by atoms with Gasteiger partial charge in [-0.1, -0.05) is 60.7 Å². The normalized spacial score (nSPS) is 15.9. The molecule has 1 fully saturated rings. The molecular weight excluding hydrogens is 454 g/mol. The van der Waals surface area contributed by atoms with E-state index in [-0.39, 0.29) is 18.9 Å². The third-order valence-corrected chi connectivity index (χ3v) is 6.61. The van der Waals surface area contributed by atoms with E-state index in [1.807, 2.05) is 86.6 Å². The van der Waals surface area contributed by atoms with Gasteiger partial charge in [-0.25, -0.2) is 9.69 Å². The summed E-state index contributed by atoms with van der Waals surface area (Å²) in [5, 5.41) is 0. The largest absolute Gasteiger partial charge is 0.489 e. The fourth-order valence-corrected chi connectivity index (χ4v) is 4.70. The topological polar surface area (TPSA) is 72.9 Å². The zero-order valence-corrected chi connectivity index (χ0v) is 20.7. The Kier molecular flexibility index (Phi) is 8.16. The molecule has 2 amide bonds. The van der Waals surface area contributed by atoms with Crippen LogP contribution in [-0.2, 0) is 33.8 Å². The Labute approximate surface area is 211 Å². The Bertz CT molecular complexity index is 1190. The van der Waals surface area contributed by atoms with Crippen LogP contribution >= 0.6 is 0 Å². The van der Waals surface area contributed by atoms with Gasteiger partial charge in [-0.2, -0.15) is 0 Å². The van der Waals surface area contributed by atoms with Crippen molar-refractivity contribution in [2.24, 2.45) is 5.92 Å². The standard InChI is InChI=1S/C30H31NO5/c1-21-15-27(35-19-24-11-7-4-8-12-24)16-22(2)28(21)18-25(13-14-32)29(33)31-26(20-36-30(31)34)17-23-9-5-3-6-10-23/h3-12,14-16,25-26H,13,17-20H2,1-2H3/t25-,26+/m0/s1. The summed E-state index contributed by atoms with van der Waals surface area (Å²) in [6.45, 7) is 4.56. The van der Waals surface area contributed by atoms with Crippen LogP contribution < -0.4 is 4.74 Å². The lowest BCUT2D eigenvalue weighted by Crippen LogP contribution is -2.44. The van der Waals surface area contributed by atoms with E-state index in [0.717, 1.165) is 39.9 Å². The third kappa shape index (κ3) is 6.00. The quantitative estimate of drug-likeness (QED) is 0.368. The maximum absolute atomic E-state index is 13.5. The van der Waals surface area contributed by atoms with Crippen LogP contribution in [0.1, 0.15) is 34.2 Å². The summed E-state index contributed by atoms with van der Waals surface area (Å²) in [7, 11) is 0. The lowest BCUT2D eigenvalue weighted by atomic mass is 9.89. The number of nitrogens with zero attached hydrogens (tertiary/aromatic N) is 1. The summed E-state index contributed by atoms with van der Waals surface area (Å²) in [4.78, 5) is 38.8. The molecule has 6 nitrogen and oxygen atoms in total. The SMILES string of the molecule is Cc1cc(OCc2ccccc2)cc(C)c1C[C@H](CC=O)C(=O)N1C(=O)OC[C@H]1Cc1ccccc1. The second-order valence-electron chi connectivity index (χ2n) is 9.24. The highest BCUT2D eigenvalue weighted by molar-refractivity contribution is 5.95. The van der Waals surface area contributed by atoms with E-state index in [4.69, 9.17) is 9.47 Å². The van der Waals surface area contributed by atoms with E-state index < -0.39 is 18.1 Å². The predicted molar refractivity (Wildman–Crippen MR) is 137 cm³/mol. The van der Waals surface area contributed by atoms with Gasteiger partial charge in [0.25, 0.3) is 0 Å². The van der Waals surface area contributed by atoms with Gasteiger partial charge in [0.2, 0.25) is 5.91 Å². The van der Waals surface area contributed by atoms with Gasteiger partial charge in [-0.05, 0) is 66.6 Å². The molecule has 0 aromatic heterocycles. The van der Waals surface area contributed by atoms with E-state index >= 15 is 0 Å². The molecule has 36 heavy (non-hydrogen) atoms. The minimum atomic E-state index is -0.653. The summed E-state index contributed by atoms with van der Waals surface area (Å²) in [5.41, 5.74) is 5.03. The van der Waals surface area contributed by atoms with E-state index in [2.05, 4.69) is 0 Å². The summed E-state index contributed by atoms with van der Waals surface area (Å²) < 4.78 is 11.2. The van der Waals surface area contributed by atoms with Gasteiger partial charge in [0.05, 0.1) is 6.04 Å². The van der Waals surface area contributed by atoms with Gasteiger partial charge in [0, 0.05) is 12.3 Å². The number of ether oxygens (including phenoxy) is 2. The first-order chi connectivity index (χ1) is 17.5. The summed E-state index contributed by atoms with van der Waals surface area (Å²) >= 11 is 0.